The van der Waals surface area contributed by atoms with Crippen molar-refractivity contribution in [1.82, 2.24) is 0 Å². The quantitative estimate of drug-likeness (QED) is 0.489. The summed E-state index contributed by atoms with van der Waals surface area (Å²) in [6.45, 7) is 3.69. The van der Waals surface area contributed by atoms with Crippen molar-refractivity contribution in [2.24, 2.45) is 0 Å². The van der Waals surface area contributed by atoms with E-state index in [4.69, 9.17) is 4.74 Å². The average molecular weight is 441 g/mol. The highest BCUT2D eigenvalue weighted by atomic mass is 32.1. The molecule has 1 fully saturated rings. The molecule has 1 aliphatic heterocycles. The monoisotopic (exact) mass is 440 g/mol. The number of hydrogen-bond donors (Lipinski definition) is 4. The van der Waals surface area contributed by atoms with E-state index in [0.29, 0.717) is 5.56 Å². The molecule has 5 nitrogen and oxygen atoms in total. The number of aliphatic hydroxyl groups is 4. The van der Waals surface area contributed by atoms with Gasteiger partial charge in [0, 0.05) is 16.2 Å². The summed E-state index contributed by atoms with van der Waals surface area (Å²) < 4.78 is 5.73. The highest BCUT2D eigenvalue weighted by molar-refractivity contribution is 7.15. The van der Waals surface area contributed by atoms with Gasteiger partial charge in [-0.1, -0.05) is 48.0 Å². The summed E-state index contributed by atoms with van der Waals surface area (Å²) in [7, 11) is 0. The lowest BCUT2D eigenvalue weighted by Gasteiger charge is -2.40. The van der Waals surface area contributed by atoms with Crippen molar-refractivity contribution in [2.75, 3.05) is 6.61 Å². The van der Waals surface area contributed by atoms with E-state index >= 15 is 0 Å². The molecular weight excluding hydrogens is 412 g/mol. The van der Waals surface area contributed by atoms with Crippen LogP contribution in [0.25, 0.3) is 10.4 Å². The van der Waals surface area contributed by atoms with E-state index < -0.39 is 37.1 Å². The largest absolute Gasteiger partial charge is 0.394 e. The number of rotatable bonds is 5. The third kappa shape index (κ3) is 4.60. The number of thiophene rings is 1. The maximum atomic E-state index is 10.5. The van der Waals surface area contributed by atoms with Crippen molar-refractivity contribution < 1.29 is 25.2 Å². The minimum Gasteiger partial charge on any atom is -0.394 e. The van der Waals surface area contributed by atoms with Crippen LogP contribution in [0, 0.1) is 13.8 Å². The van der Waals surface area contributed by atoms with E-state index in [1.807, 2.05) is 25.1 Å². The van der Waals surface area contributed by atoms with Crippen LogP contribution in [0.2, 0.25) is 0 Å². The van der Waals surface area contributed by atoms with Gasteiger partial charge in [-0.3, -0.25) is 0 Å². The molecule has 1 aromatic heterocycles. The van der Waals surface area contributed by atoms with Crippen LogP contribution < -0.4 is 0 Å². The number of aryl methyl sites for hydroxylation is 2. The molecule has 5 atom stereocenters. The molecule has 2 aromatic carbocycles. The number of aliphatic hydroxyl groups excluding tert-OH is 4. The minimum atomic E-state index is -1.38. The molecule has 4 rings (SSSR count). The smallest absolute Gasteiger partial charge is 0.113 e. The van der Waals surface area contributed by atoms with Gasteiger partial charge in [0.25, 0.3) is 0 Å². The zero-order valence-electron chi connectivity index (χ0n) is 17.6. The van der Waals surface area contributed by atoms with E-state index in [9.17, 15) is 20.4 Å². The summed E-state index contributed by atoms with van der Waals surface area (Å²) in [5, 5.41) is 40.1. The first-order chi connectivity index (χ1) is 14.9. The van der Waals surface area contributed by atoms with E-state index in [2.05, 4.69) is 43.3 Å². The van der Waals surface area contributed by atoms with Crippen molar-refractivity contribution in [1.29, 1.82) is 0 Å². The van der Waals surface area contributed by atoms with Crippen LogP contribution in [-0.4, -0.2) is 51.4 Å². The van der Waals surface area contributed by atoms with Gasteiger partial charge in [-0.25, -0.2) is 0 Å². The van der Waals surface area contributed by atoms with Crippen molar-refractivity contribution in [2.45, 2.75) is 50.8 Å². The summed E-state index contributed by atoms with van der Waals surface area (Å²) in [5.74, 6) is 0. The normalized spacial score (nSPS) is 26.2. The molecule has 0 aliphatic carbocycles. The third-order valence-corrected chi connectivity index (χ3v) is 7.09. The molecule has 31 heavy (non-hydrogen) atoms. The Kier molecular flexibility index (Phi) is 6.57. The van der Waals surface area contributed by atoms with E-state index in [1.165, 1.54) is 20.9 Å². The Morgan fingerprint density at radius 1 is 0.871 bits per heavy atom. The average Bonchev–Trinajstić information content (AvgIpc) is 3.23. The van der Waals surface area contributed by atoms with Crippen LogP contribution in [0.15, 0.2) is 54.6 Å². The van der Waals surface area contributed by atoms with Gasteiger partial charge in [0.1, 0.15) is 30.5 Å². The molecule has 0 spiro atoms. The lowest BCUT2D eigenvalue weighted by Crippen LogP contribution is -2.55. The molecule has 1 unspecified atom stereocenters. The summed E-state index contributed by atoms with van der Waals surface area (Å²) in [6, 6.07) is 18.6. The summed E-state index contributed by atoms with van der Waals surface area (Å²) in [6.07, 6.45) is -5.00. The van der Waals surface area contributed by atoms with Gasteiger partial charge < -0.3 is 25.2 Å². The fraction of sp³-hybridized carbons (Fsp3) is 0.360. The first-order valence-corrected chi connectivity index (χ1v) is 11.2. The van der Waals surface area contributed by atoms with E-state index in [0.717, 1.165) is 17.5 Å². The zero-order valence-corrected chi connectivity index (χ0v) is 18.4. The SMILES string of the molecule is Cc1ccc(-c2ccc(Cc3cc([C@@H]4O[C@H](CO)[C@@H](O)[C@H](O)C4O)ccc3C)s2)cc1. The van der Waals surface area contributed by atoms with E-state index in [1.54, 1.807) is 11.3 Å². The van der Waals surface area contributed by atoms with Crippen molar-refractivity contribution >= 4 is 11.3 Å². The summed E-state index contributed by atoms with van der Waals surface area (Å²) in [4.78, 5) is 2.45. The molecule has 0 radical (unpaired) electrons. The second-order valence-corrected chi connectivity index (χ2v) is 9.41. The van der Waals surface area contributed by atoms with Crippen LogP contribution in [0.1, 0.15) is 33.2 Å². The standard InChI is InChI=1S/C25H28O5S/c1-14-3-6-16(7-4-14)21-10-9-19(31-21)12-18-11-17(8-5-15(18)2)25-24(29)23(28)22(27)20(13-26)30-25/h3-11,20,22-29H,12-13H2,1-2H3/t20-,22-,23+,24?,25+/m1/s1. The Morgan fingerprint density at radius 2 is 1.61 bits per heavy atom. The maximum Gasteiger partial charge on any atom is 0.113 e. The van der Waals surface area contributed by atoms with Crippen LogP contribution in [0.3, 0.4) is 0 Å². The maximum absolute atomic E-state index is 10.5. The molecular formula is C25H28O5S. The molecule has 1 aliphatic rings. The molecule has 0 amide bonds. The first kappa shape index (κ1) is 22.1. The third-order valence-electron chi connectivity index (χ3n) is 5.96. The molecule has 6 heteroatoms. The first-order valence-electron chi connectivity index (χ1n) is 10.4. The second-order valence-electron chi connectivity index (χ2n) is 8.24. The zero-order chi connectivity index (χ0) is 22.1. The lowest BCUT2D eigenvalue weighted by molar-refractivity contribution is -0.231. The Balaban J connectivity index is 1.57. The van der Waals surface area contributed by atoms with Gasteiger partial charge in [-0.05, 0) is 48.2 Å². The Bertz CT molecular complexity index is 1030. The van der Waals surface area contributed by atoms with Crippen LogP contribution in [0.5, 0.6) is 0 Å². The van der Waals surface area contributed by atoms with Gasteiger partial charge in [0.05, 0.1) is 6.61 Å². The van der Waals surface area contributed by atoms with Crippen LogP contribution in [-0.2, 0) is 11.2 Å². The topological polar surface area (TPSA) is 90.2 Å². The van der Waals surface area contributed by atoms with Crippen molar-refractivity contribution in [3.05, 3.63) is 81.7 Å². The Hall–Kier alpha value is -2.06. The Morgan fingerprint density at radius 3 is 2.32 bits per heavy atom. The van der Waals surface area contributed by atoms with Gasteiger partial charge in [-0.2, -0.15) is 0 Å². The molecule has 3 aromatic rings. The van der Waals surface area contributed by atoms with Gasteiger partial charge in [0.2, 0.25) is 0 Å². The minimum absolute atomic E-state index is 0.433. The second kappa shape index (κ2) is 9.20. The van der Waals surface area contributed by atoms with Crippen molar-refractivity contribution in [3.63, 3.8) is 0 Å². The lowest BCUT2D eigenvalue weighted by atomic mass is 9.89. The molecule has 0 bridgehead atoms. The molecule has 4 N–H and O–H groups in total. The highest BCUT2D eigenvalue weighted by Crippen LogP contribution is 2.35. The molecule has 164 valence electrons. The van der Waals surface area contributed by atoms with E-state index in [-0.39, 0.29) is 0 Å². The molecule has 1 saturated heterocycles. The fourth-order valence-electron chi connectivity index (χ4n) is 3.97. The van der Waals surface area contributed by atoms with Gasteiger partial charge in [0.15, 0.2) is 0 Å². The predicted octanol–water partition coefficient (Wildman–Crippen LogP) is 3.14. The number of ether oxygens (including phenoxy) is 1. The predicted molar refractivity (Wildman–Crippen MR) is 121 cm³/mol. The molecule has 0 saturated carbocycles. The van der Waals surface area contributed by atoms with Crippen molar-refractivity contribution in [3.8, 4) is 10.4 Å². The van der Waals surface area contributed by atoms with Crippen LogP contribution in [0.4, 0.5) is 0 Å². The van der Waals surface area contributed by atoms with Crippen LogP contribution >= 0.6 is 11.3 Å². The fourth-order valence-corrected chi connectivity index (χ4v) is 5.01. The number of benzene rings is 2. The van der Waals surface area contributed by atoms with Gasteiger partial charge in [-0.15, -0.1) is 11.3 Å². The summed E-state index contributed by atoms with van der Waals surface area (Å²) in [5.41, 5.74) is 5.38. The number of hydrogen-bond acceptors (Lipinski definition) is 6. The Labute approximate surface area is 186 Å². The highest BCUT2D eigenvalue weighted by Gasteiger charge is 2.43. The van der Waals surface area contributed by atoms with Gasteiger partial charge >= 0.3 is 0 Å². The molecule has 2 heterocycles. The summed E-state index contributed by atoms with van der Waals surface area (Å²) >= 11 is 1.76.